The van der Waals surface area contributed by atoms with Crippen molar-refractivity contribution in [1.82, 2.24) is 4.90 Å². The first-order chi connectivity index (χ1) is 12.1. The molecule has 2 fully saturated rings. The van der Waals surface area contributed by atoms with Gasteiger partial charge in [0.1, 0.15) is 12.4 Å². The van der Waals surface area contributed by atoms with Crippen molar-refractivity contribution >= 4 is 12.6 Å². The van der Waals surface area contributed by atoms with Gasteiger partial charge in [-0.25, -0.2) is 8.78 Å². The van der Waals surface area contributed by atoms with Crippen molar-refractivity contribution in [3.63, 3.8) is 0 Å². The van der Waals surface area contributed by atoms with Gasteiger partial charge in [0.15, 0.2) is 0 Å². The normalized spacial score (nSPS) is 24.6. The molecule has 2 aliphatic heterocycles. The van der Waals surface area contributed by atoms with E-state index in [0.29, 0.717) is 26.2 Å². The molecule has 0 aliphatic carbocycles. The van der Waals surface area contributed by atoms with Crippen LogP contribution in [0.3, 0.4) is 0 Å². The quantitative estimate of drug-likeness (QED) is 0.749. The summed E-state index contributed by atoms with van der Waals surface area (Å²) in [7, 11) is -0.385. The lowest BCUT2D eigenvalue weighted by Gasteiger charge is -2.32. The molecule has 0 saturated carbocycles. The molecule has 2 aliphatic rings. The number of hydrogen-bond donors (Lipinski definition) is 0. The average Bonchev–Trinajstić information content (AvgIpc) is 2.78. The van der Waals surface area contributed by atoms with Crippen LogP contribution < -0.4 is 10.2 Å². The molecule has 0 bridgehead atoms. The van der Waals surface area contributed by atoms with E-state index in [4.69, 9.17) is 14.0 Å². The highest BCUT2D eigenvalue weighted by Crippen LogP contribution is 2.36. The number of benzene rings is 1. The van der Waals surface area contributed by atoms with Gasteiger partial charge in [0.05, 0.1) is 11.2 Å². The van der Waals surface area contributed by atoms with E-state index in [1.165, 1.54) is 0 Å². The molecule has 0 aromatic heterocycles. The van der Waals surface area contributed by atoms with E-state index in [-0.39, 0.29) is 31.2 Å². The highest BCUT2D eigenvalue weighted by Gasteiger charge is 2.51. The lowest BCUT2D eigenvalue weighted by molar-refractivity contribution is -0.0564. The minimum absolute atomic E-state index is 0.0597. The number of ether oxygens (including phenoxy) is 1. The zero-order chi connectivity index (χ0) is 19.0. The molecule has 0 unspecified atom stereocenters. The largest absolute Gasteiger partial charge is 0.494 e. The van der Waals surface area contributed by atoms with Gasteiger partial charge in [0.25, 0.3) is 5.92 Å². The summed E-state index contributed by atoms with van der Waals surface area (Å²) in [4.78, 5) is 2.02. The van der Waals surface area contributed by atoms with Gasteiger partial charge < -0.3 is 14.0 Å². The fraction of sp³-hybridized carbons (Fsp3) is 0.684. The Morgan fingerprint density at radius 2 is 1.54 bits per heavy atom. The van der Waals surface area contributed by atoms with Crippen LogP contribution in [0, 0.1) is 0 Å². The van der Waals surface area contributed by atoms with Gasteiger partial charge in [-0.2, -0.15) is 0 Å². The van der Waals surface area contributed by atoms with Crippen LogP contribution in [0.25, 0.3) is 0 Å². The van der Waals surface area contributed by atoms with Crippen molar-refractivity contribution in [3.8, 4) is 5.75 Å². The topological polar surface area (TPSA) is 30.9 Å². The van der Waals surface area contributed by atoms with Crippen LogP contribution in [0.5, 0.6) is 5.75 Å². The first-order valence-electron chi connectivity index (χ1n) is 9.27. The number of alkyl halides is 2. The molecule has 2 heterocycles. The Labute approximate surface area is 154 Å². The Bertz CT molecular complexity index is 596. The second kappa shape index (κ2) is 7.10. The van der Waals surface area contributed by atoms with Crippen molar-refractivity contribution in [1.29, 1.82) is 0 Å². The summed E-state index contributed by atoms with van der Waals surface area (Å²) in [6.45, 7) is 10.1. The van der Waals surface area contributed by atoms with Gasteiger partial charge in [-0.15, -0.1) is 0 Å². The molecule has 0 spiro atoms. The predicted molar refractivity (Wildman–Crippen MR) is 98.3 cm³/mol. The van der Waals surface area contributed by atoms with Crippen LogP contribution in [0.1, 0.15) is 40.5 Å². The van der Waals surface area contributed by atoms with Gasteiger partial charge in [-0.3, -0.25) is 4.90 Å². The molecule has 4 nitrogen and oxygen atoms in total. The zero-order valence-electron chi connectivity index (χ0n) is 16.1. The van der Waals surface area contributed by atoms with Crippen LogP contribution in [-0.2, 0) is 9.31 Å². The number of halogens is 2. The number of piperidine rings is 1. The number of rotatable bonds is 5. The molecule has 0 atom stereocenters. The molecule has 2 saturated heterocycles. The maximum atomic E-state index is 13.1. The summed E-state index contributed by atoms with van der Waals surface area (Å²) >= 11 is 0. The Balaban J connectivity index is 1.47. The van der Waals surface area contributed by atoms with Crippen LogP contribution in [0.15, 0.2) is 24.3 Å². The third-order valence-corrected chi connectivity index (χ3v) is 5.67. The molecule has 1 aromatic rings. The lowest BCUT2D eigenvalue weighted by atomic mass is 9.79. The standard InChI is InChI=1S/C19H28BF2NO3/c1-17(2)18(3,4)26-20(25-17)15-5-7-16(8-6-15)24-14-13-23-11-9-19(21,22)10-12-23/h5-8H,9-14H2,1-4H3. The molecule has 1 aromatic carbocycles. The van der Waals surface area contributed by atoms with E-state index in [1.54, 1.807) is 0 Å². The van der Waals surface area contributed by atoms with E-state index in [9.17, 15) is 8.78 Å². The lowest BCUT2D eigenvalue weighted by Crippen LogP contribution is -2.41. The molecule has 0 radical (unpaired) electrons. The summed E-state index contributed by atoms with van der Waals surface area (Å²) < 4.78 is 44.1. The minimum atomic E-state index is -2.50. The predicted octanol–water partition coefficient (Wildman–Crippen LogP) is 3.10. The second-order valence-corrected chi connectivity index (χ2v) is 8.20. The van der Waals surface area contributed by atoms with E-state index >= 15 is 0 Å². The number of hydrogen-bond acceptors (Lipinski definition) is 4. The van der Waals surface area contributed by atoms with Gasteiger partial charge in [0.2, 0.25) is 0 Å². The molecular formula is C19H28BF2NO3. The Hall–Kier alpha value is -1.18. The molecule has 0 amide bonds. The summed E-state index contributed by atoms with van der Waals surface area (Å²) in [5.41, 5.74) is 0.227. The highest BCUT2D eigenvalue weighted by molar-refractivity contribution is 6.62. The summed E-state index contributed by atoms with van der Waals surface area (Å²) in [5.74, 6) is -1.74. The van der Waals surface area contributed by atoms with Crippen LogP contribution in [0.4, 0.5) is 8.78 Å². The van der Waals surface area contributed by atoms with Gasteiger partial charge >= 0.3 is 7.12 Å². The second-order valence-electron chi connectivity index (χ2n) is 8.20. The maximum Gasteiger partial charge on any atom is 0.494 e. The fourth-order valence-electron chi connectivity index (χ4n) is 3.10. The van der Waals surface area contributed by atoms with Gasteiger partial charge in [0, 0.05) is 32.5 Å². The SMILES string of the molecule is CC1(C)OB(c2ccc(OCCN3CCC(F)(F)CC3)cc2)OC1(C)C. The molecule has 3 rings (SSSR count). The Kier molecular flexibility index (Phi) is 5.34. The van der Waals surface area contributed by atoms with E-state index < -0.39 is 5.92 Å². The molecular weight excluding hydrogens is 339 g/mol. The monoisotopic (exact) mass is 367 g/mol. The van der Waals surface area contributed by atoms with E-state index in [1.807, 2.05) is 56.9 Å². The van der Waals surface area contributed by atoms with E-state index in [2.05, 4.69) is 0 Å². The number of likely N-dealkylation sites (tertiary alicyclic amines) is 1. The Morgan fingerprint density at radius 1 is 1.00 bits per heavy atom. The highest BCUT2D eigenvalue weighted by atomic mass is 19.3. The zero-order valence-corrected chi connectivity index (χ0v) is 16.1. The van der Waals surface area contributed by atoms with Gasteiger partial charge in [-0.05, 0) is 45.3 Å². The third-order valence-electron chi connectivity index (χ3n) is 5.67. The van der Waals surface area contributed by atoms with Crippen molar-refractivity contribution < 1.29 is 22.8 Å². The van der Waals surface area contributed by atoms with Crippen molar-refractivity contribution in [3.05, 3.63) is 24.3 Å². The summed E-state index contributed by atoms with van der Waals surface area (Å²) in [5, 5.41) is 0. The third kappa shape index (κ3) is 4.38. The summed E-state index contributed by atoms with van der Waals surface area (Å²) in [6.07, 6.45) is -0.119. The maximum absolute atomic E-state index is 13.1. The minimum Gasteiger partial charge on any atom is -0.492 e. The van der Waals surface area contributed by atoms with Crippen LogP contribution in [-0.4, -0.2) is 55.4 Å². The molecule has 7 heteroatoms. The smallest absolute Gasteiger partial charge is 0.492 e. The molecule has 144 valence electrons. The van der Waals surface area contributed by atoms with Crippen LogP contribution >= 0.6 is 0 Å². The number of nitrogens with zero attached hydrogens (tertiary/aromatic N) is 1. The van der Waals surface area contributed by atoms with E-state index in [0.717, 1.165) is 11.2 Å². The molecule has 0 N–H and O–H groups in total. The Morgan fingerprint density at radius 3 is 2.08 bits per heavy atom. The first-order valence-corrected chi connectivity index (χ1v) is 9.27. The molecule has 26 heavy (non-hydrogen) atoms. The van der Waals surface area contributed by atoms with Crippen molar-refractivity contribution in [2.24, 2.45) is 0 Å². The van der Waals surface area contributed by atoms with Crippen LogP contribution in [0.2, 0.25) is 0 Å². The fourth-order valence-corrected chi connectivity index (χ4v) is 3.10. The average molecular weight is 367 g/mol. The van der Waals surface area contributed by atoms with Crippen molar-refractivity contribution in [2.45, 2.75) is 57.7 Å². The first kappa shape index (κ1) is 19.6. The van der Waals surface area contributed by atoms with Crippen molar-refractivity contribution in [2.75, 3.05) is 26.2 Å². The summed E-state index contributed by atoms with van der Waals surface area (Å²) in [6, 6.07) is 7.67. The van der Waals surface area contributed by atoms with Gasteiger partial charge in [-0.1, -0.05) is 12.1 Å².